The Morgan fingerprint density at radius 2 is 1.77 bits per heavy atom. The molecule has 3 aromatic carbocycles. The van der Waals surface area contributed by atoms with Crippen LogP contribution in [-0.2, 0) is 29.9 Å². The Hall–Kier alpha value is -0.526. The summed E-state index contributed by atoms with van der Waals surface area (Å²) in [5.41, 5.74) is 4.57. The minimum absolute atomic E-state index is 0.556. The van der Waals surface area contributed by atoms with Crippen LogP contribution in [0.5, 0.6) is 0 Å². The Kier molecular flexibility index (Phi) is 7.76. The van der Waals surface area contributed by atoms with Crippen molar-refractivity contribution >= 4 is 29.4 Å². The zero-order valence-electron chi connectivity index (χ0n) is 12.8. The SMILES string of the molecule is C[c-]1ccc2ccccc21.[Cl][Ti][Cl].c1cc2c([cH-]1)CCCC2. The van der Waals surface area contributed by atoms with Crippen LogP contribution in [0.25, 0.3) is 10.8 Å². The number of hydrogen-bond acceptors (Lipinski definition) is 0. The molecule has 0 amide bonds. The quantitative estimate of drug-likeness (QED) is 0.313. The van der Waals surface area contributed by atoms with Crippen molar-refractivity contribution in [2.24, 2.45) is 0 Å². The van der Waals surface area contributed by atoms with Crippen LogP contribution in [0.15, 0.2) is 54.6 Å². The van der Waals surface area contributed by atoms with Crippen molar-refractivity contribution in [3.63, 3.8) is 0 Å². The Balaban J connectivity index is 0.000000137. The third-order valence-electron chi connectivity index (χ3n) is 4.05. The zero-order valence-corrected chi connectivity index (χ0v) is 15.9. The van der Waals surface area contributed by atoms with Gasteiger partial charge in [-0.2, -0.15) is 35.4 Å². The molecule has 1 aliphatic rings. The molecule has 0 bridgehead atoms. The molecule has 0 unspecified atom stereocenters. The van der Waals surface area contributed by atoms with Gasteiger partial charge in [0.2, 0.25) is 0 Å². The first-order valence-corrected chi connectivity index (χ1v) is 11.9. The molecule has 0 saturated carbocycles. The van der Waals surface area contributed by atoms with Gasteiger partial charge in [-0.25, -0.2) is 6.07 Å². The van der Waals surface area contributed by atoms with Crippen LogP contribution in [0, 0.1) is 6.92 Å². The molecule has 0 saturated heterocycles. The van der Waals surface area contributed by atoms with Crippen LogP contribution in [0.2, 0.25) is 0 Å². The fourth-order valence-electron chi connectivity index (χ4n) is 2.92. The largest absolute Gasteiger partial charge is 0.210 e. The zero-order chi connectivity index (χ0) is 15.8. The van der Waals surface area contributed by atoms with E-state index < -0.39 is 17.0 Å². The average Bonchev–Trinajstić information content (AvgIpc) is 3.16. The van der Waals surface area contributed by atoms with E-state index in [2.05, 4.69) is 61.5 Å². The second-order valence-electron chi connectivity index (χ2n) is 5.46. The van der Waals surface area contributed by atoms with Crippen molar-refractivity contribution in [3.05, 3.63) is 71.3 Å². The number of benzene rings is 1. The first-order valence-electron chi connectivity index (χ1n) is 7.57. The number of rotatable bonds is 0. The third kappa shape index (κ3) is 5.00. The molecular weight excluding hydrogens is 347 g/mol. The summed E-state index contributed by atoms with van der Waals surface area (Å²) in [6, 6.07) is 19.5. The third-order valence-corrected chi connectivity index (χ3v) is 4.05. The molecule has 0 N–H and O–H groups in total. The average molecular weight is 367 g/mol. The van der Waals surface area contributed by atoms with Crippen LogP contribution in [-0.4, -0.2) is 0 Å². The van der Waals surface area contributed by atoms with Crippen LogP contribution >= 0.6 is 18.6 Å². The predicted octanol–water partition coefficient (Wildman–Crippen LogP) is 6.53. The maximum absolute atomic E-state index is 4.89. The maximum Gasteiger partial charge on any atom is -0.0512 e. The maximum atomic E-state index is 4.89. The summed E-state index contributed by atoms with van der Waals surface area (Å²) in [4.78, 5) is 0. The molecular formula is C19H20Cl2Ti-2. The van der Waals surface area contributed by atoms with Gasteiger partial charge in [-0.1, -0.05) is 38.7 Å². The molecule has 0 heterocycles. The van der Waals surface area contributed by atoms with Gasteiger partial charge in [-0.05, 0) is 0 Å². The van der Waals surface area contributed by atoms with Gasteiger partial charge in [0, 0.05) is 0 Å². The van der Waals surface area contributed by atoms with Gasteiger partial charge in [0.05, 0.1) is 0 Å². The second kappa shape index (κ2) is 9.58. The minimum Gasteiger partial charge on any atom is -0.210 e. The first kappa shape index (κ1) is 17.8. The molecule has 1 aliphatic carbocycles. The summed E-state index contributed by atoms with van der Waals surface area (Å²) in [7, 11) is 9.78. The molecule has 4 rings (SSSR count). The van der Waals surface area contributed by atoms with Gasteiger partial charge in [0.1, 0.15) is 0 Å². The summed E-state index contributed by atoms with van der Waals surface area (Å²) in [6.45, 7) is 2.14. The second-order valence-corrected chi connectivity index (χ2v) is 8.04. The van der Waals surface area contributed by atoms with Crippen molar-refractivity contribution in [2.75, 3.05) is 0 Å². The Morgan fingerprint density at radius 1 is 1.05 bits per heavy atom. The summed E-state index contributed by atoms with van der Waals surface area (Å²) >= 11 is -0.556. The van der Waals surface area contributed by atoms with Crippen molar-refractivity contribution < 1.29 is 17.0 Å². The molecule has 0 fully saturated rings. The van der Waals surface area contributed by atoms with Gasteiger partial charge < -0.3 is 0 Å². The van der Waals surface area contributed by atoms with Gasteiger partial charge >= 0.3 is 35.6 Å². The summed E-state index contributed by atoms with van der Waals surface area (Å²) in [5.74, 6) is 0. The van der Waals surface area contributed by atoms with E-state index in [1.165, 1.54) is 42.0 Å². The summed E-state index contributed by atoms with van der Waals surface area (Å²) in [5, 5.41) is 2.72. The molecule has 0 radical (unpaired) electrons. The standard InChI is InChI=1S/C10H9.C9H11.2ClH.Ti/c1-8-6-7-9-4-2-3-5-10(8)9;1-2-5-9-7-3-6-8(9)4-1;;;/h2-7H,1H3;3,6-7H,1-2,4-5H2;2*1H;/q2*-1;;;+2/p-2. The van der Waals surface area contributed by atoms with Crippen molar-refractivity contribution in [1.82, 2.24) is 0 Å². The van der Waals surface area contributed by atoms with Crippen LogP contribution in [0.1, 0.15) is 29.5 Å². The monoisotopic (exact) mass is 366 g/mol. The molecule has 0 aromatic heterocycles. The fourth-order valence-corrected chi connectivity index (χ4v) is 2.92. The molecule has 0 aliphatic heterocycles. The normalized spacial score (nSPS) is 12.5. The number of halogens is 2. The molecule has 0 nitrogen and oxygen atoms in total. The molecule has 3 heteroatoms. The van der Waals surface area contributed by atoms with Gasteiger partial charge in [-0.3, -0.25) is 0 Å². The van der Waals surface area contributed by atoms with Crippen LogP contribution in [0.4, 0.5) is 0 Å². The Bertz CT molecular complexity index is 661. The molecule has 22 heavy (non-hydrogen) atoms. The van der Waals surface area contributed by atoms with Crippen molar-refractivity contribution in [1.29, 1.82) is 0 Å². The summed E-state index contributed by atoms with van der Waals surface area (Å²) in [6.07, 6.45) is 5.44. The molecule has 3 aromatic rings. The number of aryl methyl sites for hydroxylation is 3. The molecule has 0 spiro atoms. The van der Waals surface area contributed by atoms with E-state index in [-0.39, 0.29) is 0 Å². The first-order chi connectivity index (χ1) is 10.8. The predicted molar refractivity (Wildman–Crippen MR) is 94.7 cm³/mol. The number of hydrogen-bond donors (Lipinski definition) is 0. The van der Waals surface area contributed by atoms with E-state index in [4.69, 9.17) is 18.6 Å². The van der Waals surface area contributed by atoms with E-state index in [1.807, 2.05) is 0 Å². The van der Waals surface area contributed by atoms with Crippen LogP contribution in [0.3, 0.4) is 0 Å². The topological polar surface area (TPSA) is 0 Å². The fraction of sp³-hybridized carbons (Fsp3) is 0.263. The van der Waals surface area contributed by atoms with Gasteiger partial charge in [-0.15, -0.1) is 34.5 Å². The van der Waals surface area contributed by atoms with E-state index in [0.717, 1.165) is 0 Å². The van der Waals surface area contributed by atoms with Crippen LogP contribution < -0.4 is 0 Å². The van der Waals surface area contributed by atoms with Crippen molar-refractivity contribution in [2.45, 2.75) is 32.6 Å². The van der Waals surface area contributed by atoms with Gasteiger partial charge in [0.25, 0.3) is 0 Å². The van der Waals surface area contributed by atoms with Gasteiger partial charge in [0.15, 0.2) is 0 Å². The Morgan fingerprint density at radius 3 is 2.50 bits per heavy atom. The minimum atomic E-state index is -0.556. The van der Waals surface area contributed by atoms with E-state index in [0.29, 0.717) is 0 Å². The van der Waals surface area contributed by atoms with E-state index in [9.17, 15) is 0 Å². The summed E-state index contributed by atoms with van der Waals surface area (Å²) < 4.78 is 0. The molecule has 116 valence electrons. The Labute approximate surface area is 149 Å². The van der Waals surface area contributed by atoms with Crippen molar-refractivity contribution in [3.8, 4) is 0 Å². The molecule has 0 atom stereocenters. The number of fused-ring (bicyclic) bond motifs is 2. The van der Waals surface area contributed by atoms with E-state index in [1.54, 1.807) is 11.1 Å². The van der Waals surface area contributed by atoms with E-state index >= 15 is 0 Å². The smallest absolute Gasteiger partial charge is 0.0512 e.